The third-order valence-corrected chi connectivity index (χ3v) is 3.76. The first-order valence-electron chi connectivity index (χ1n) is 6.37. The molecular formula is C11H23N3O3S. The highest BCUT2D eigenvalue weighted by Crippen LogP contribution is 2.12. The number of sulfonamides is 1. The summed E-state index contributed by atoms with van der Waals surface area (Å²) in [5, 5.41) is 0. The number of nitrogens with two attached hydrogens (primary N) is 1. The molecule has 3 N–H and O–H groups in total. The van der Waals surface area contributed by atoms with Crippen molar-refractivity contribution < 1.29 is 13.2 Å². The summed E-state index contributed by atoms with van der Waals surface area (Å²) in [4.78, 5) is 13.6. The monoisotopic (exact) mass is 277 g/mol. The van der Waals surface area contributed by atoms with E-state index in [-0.39, 0.29) is 11.9 Å². The molecule has 0 aromatic carbocycles. The number of carbonyl (C=O) groups is 1. The van der Waals surface area contributed by atoms with E-state index in [1.54, 1.807) is 4.90 Å². The van der Waals surface area contributed by atoms with Gasteiger partial charge in [-0.3, -0.25) is 4.79 Å². The van der Waals surface area contributed by atoms with Crippen LogP contribution >= 0.6 is 0 Å². The molecule has 1 atom stereocenters. The van der Waals surface area contributed by atoms with E-state index in [1.807, 2.05) is 0 Å². The van der Waals surface area contributed by atoms with Crippen molar-refractivity contribution in [3.63, 3.8) is 0 Å². The van der Waals surface area contributed by atoms with Gasteiger partial charge in [0.15, 0.2) is 0 Å². The van der Waals surface area contributed by atoms with Crippen molar-refractivity contribution in [2.45, 2.75) is 38.1 Å². The molecule has 7 heteroatoms. The van der Waals surface area contributed by atoms with Crippen LogP contribution in [0.15, 0.2) is 0 Å². The van der Waals surface area contributed by atoms with Gasteiger partial charge < -0.3 is 10.6 Å². The maximum Gasteiger partial charge on any atom is 0.222 e. The lowest BCUT2D eigenvalue weighted by molar-refractivity contribution is -0.132. The molecule has 1 unspecified atom stereocenters. The lowest BCUT2D eigenvalue weighted by atomic mass is 10.1. The highest BCUT2D eigenvalue weighted by Gasteiger charge is 2.24. The fourth-order valence-electron chi connectivity index (χ4n) is 2.18. The summed E-state index contributed by atoms with van der Waals surface area (Å²) in [6, 6.07) is -0.146. The van der Waals surface area contributed by atoms with E-state index in [4.69, 9.17) is 5.73 Å². The van der Waals surface area contributed by atoms with Crippen molar-refractivity contribution in [2.24, 2.45) is 5.73 Å². The zero-order valence-corrected chi connectivity index (χ0v) is 11.7. The molecule has 1 amide bonds. The number of nitrogens with one attached hydrogen (secondary N) is 1. The average Bonchev–Trinajstić information content (AvgIpc) is 2.27. The molecule has 0 aromatic heterocycles. The summed E-state index contributed by atoms with van der Waals surface area (Å²) < 4.78 is 24.9. The van der Waals surface area contributed by atoms with Crippen molar-refractivity contribution >= 4 is 15.9 Å². The smallest absolute Gasteiger partial charge is 0.222 e. The van der Waals surface area contributed by atoms with Gasteiger partial charge in [0.1, 0.15) is 0 Å². The Hall–Kier alpha value is -0.660. The maximum atomic E-state index is 11.9. The van der Waals surface area contributed by atoms with E-state index < -0.39 is 10.0 Å². The predicted molar refractivity (Wildman–Crippen MR) is 70.5 cm³/mol. The van der Waals surface area contributed by atoms with Crippen LogP contribution in [0.2, 0.25) is 0 Å². The van der Waals surface area contributed by atoms with Gasteiger partial charge in [-0.15, -0.1) is 0 Å². The Labute approximate surface area is 109 Å². The predicted octanol–water partition coefficient (Wildman–Crippen LogP) is -0.344. The topological polar surface area (TPSA) is 92.5 Å². The summed E-state index contributed by atoms with van der Waals surface area (Å²) in [5.41, 5.74) is 5.38. The maximum absolute atomic E-state index is 11.9. The minimum Gasteiger partial charge on any atom is -0.341 e. The minimum atomic E-state index is -3.20. The van der Waals surface area contributed by atoms with Crippen molar-refractivity contribution in [3.8, 4) is 0 Å². The Balaban J connectivity index is 2.40. The lowest BCUT2D eigenvalue weighted by Gasteiger charge is -2.32. The summed E-state index contributed by atoms with van der Waals surface area (Å²) in [5.74, 6) is 0.100. The second kappa shape index (κ2) is 7.06. The second-order valence-corrected chi connectivity index (χ2v) is 6.59. The first-order valence-corrected chi connectivity index (χ1v) is 8.26. The Bertz CT molecular complexity index is 370. The van der Waals surface area contributed by atoms with Crippen molar-refractivity contribution in [1.82, 2.24) is 9.62 Å². The Morgan fingerprint density at radius 2 is 2.17 bits per heavy atom. The minimum absolute atomic E-state index is 0.100. The van der Waals surface area contributed by atoms with Crippen molar-refractivity contribution in [3.05, 3.63) is 0 Å². The van der Waals surface area contributed by atoms with Gasteiger partial charge in [0, 0.05) is 25.6 Å². The molecule has 0 spiro atoms. The van der Waals surface area contributed by atoms with Gasteiger partial charge in [0.05, 0.1) is 6.26 Å². The van der Waals surface area contributed by atoms with Gasteiger partial charge in [-0.2, -0.15) is 0 Å². The number of hydrogen-bond acceptors (Lipinski definition) is 4. The van der Waals surface area contributed by atoms with Gasteiger partial charge in [0.25, 0.3) is 0 Å². The molecule has 106 valence electrons. The van der Waals surface area contributed by atoms with Crippen molar-refractivity contribution in [1.29, 1.82) is 0 Å². The molecule has 1 heterocycles. The van der Waals surface area contributed by atoms with E-state index in [1.165, 1.54) is 0 Å². The number of likely N-dealkylation sites (tertiary alicyclic amines) is 1. The fraction of sp³-hybridized carbons (Fsp3) is 0.909. The molecule has 0 saturated carbocycles. The molecule has 0 aromatic rings. The van der Waals surface area contributed by atoms with Gasteiger partial charge in [-0.25, -0.2) is 13.1 Å². The Kier molecular flexibility index (Phi) is 6.04. The molecule has 1 saturated heterocycles. The Morgan fingerprint density at radius 1 is 1.44 bits per heavy atom. The second-order valence-electron chi connectivity index (χ2n) is 4.81. The van der Waals surface area contributed by atoms with Crippen LogP contribution < -0.4 is 10.5 Å². The van der Waals surface area contributed by atoms with Crippen LogP contribution in [0.3, 0.4) is 0 Å². The van der Waals surface area contributed by atoms with Crippen LogP contribution in [-0.4, -0.2) is 51.2 Å². The lowest BCUT2D eigenvalue weighted by Crippen LogP contribution is -2.49. The molecule has 0 bridgehead atoms. The summed E-state index contributed by atoms with van der Waals surface area (Å²) in [7, 11) is -3.20. The molecule has 6 nitrogen and oxygen atoms in total. The van der Waals surface area contributed by atoms with Crippen LogP contribution in [0, 0.1) is 0 Å². The first-order chi connectivity index (χ1) is 8.42. The number of rotatable bonds is 6. The summed E-state index contributed by atoms with van der Waals surface area (Å²) >= 11 is 0. The molecule has 1 rings (SSSR count). The average molecular weight is 277 g/mol. The zero-order valence-electron chi connectivity index (χ0n) is 10.9. The van der Waals surface area contributed by atoms with E-state index >= 15 is 0 Å². The summed E-state index contributed by atoms with van der Waals surface area (Å²) in [6.07, 6.45) is 4.94. The van der Waals surface area contributed by atoms with E-state index in [0.717, 1.165) is 38.5 Å². The third-order valence-electron chi connectivity index (χ3n) is 3.00. The highest BCUT2D eigenvalue weighted by molar-refractivity contribution is 7.88. The number of amides is 1. The molecule has 1 aliphatic rings. The van der Waals surface area contributed by atoms with Crippen LogP contribution in [-0.2, 0) is 14.8 Å². The van der Waals surface area contributed by atoms with Crippen LogP contribution in [0.4, 0.5) is 0 Å². The van der Waals surface area contributed by atoms with Gasteiger partial charge >= 0.3 is 0 Å². The fourth-order valence-corrected chi connectivity index (χ4v) is 2.98. The van der Waals surface area contributed by atoms with E-state index in [0.29, 0.717) is 19.5 Å². The molecular weight excluding hydrogens is 254 g/mol. The van der Waals surface area contributed by atoms with E-state index in [2.05, 4.69) is 4.72 Å². The van der Waals surface area contributed by atoms with Crippen LogP contribution in [0.25, 0.3) is 0 Å². The largest absolute Gasteiger partial charge is 0.341 e. The molecule has 1 fully saturated rings. The van der Waals surface area contributed by atoms with Gasteiger partial charge in [0.2, 0.25) is 15.9 Å². The summed E-state index contributed by atoms with van der Waals surface area (Å²) in [6.45, 7) is 1.81. The first kappa shape index (κ1) is 15.4. The molecule has 1 aliphatic heterocycles. The van der Waals surface area contributed by atoms with Crippen LogP contribution in [0.1, 0.15) is 32.1 Å². The molecule has 0 radical (unpaired) electrons. The number of unbranched alkanes of at least 4 members (excludes halogenated alkanes) is 1. The molecule has 0 aliphatic carbocycles. The number of hydrogen-bond donors (Lipinski definition) is 2. The standard InChI is InChI=1S/C11H23N3O3S/c1-18(16,17)13-10-5-4-8-14(9-10)11(15)6-2-3-7-12/h10,13H,2-9,12H2,1H3. The zero-order chi connectivity index (χ0) is 13.6. The van der Waals surface area contributed by atoms with E-state index in [9.17, 15) is 13.2 Å². The van der Waals surface area contributed by atoms with Crippen molar-refractivity contribution in [2.75, 3.05) is 25.9 Å². The van der Waals surface area contributed by atoms with Crippen LogP contribution in [0.5, 0.6) is 0 Å². The third kappa shape index (κ3) is 5.79. The number of nitrogens with zero attached hydrogens (tertiary/aromatic N) is 1. The number of piperidine rings is 1. The number of carbonyl (C=O) groups excluding carboxylic acids is 1. The van der Waals surface area contributed by atoms with Gasteiger partial charge in [-0.05, 0) is 32.2 Å². The Morgan fingerprint density at radius 3 is 2.78 bits per heavy atom. The molecule has 18 heavy (non-hydrogen) atoms. The highest BCUT2D eigenvalue weighted by atomic mass is 32.2. The van der Waals surface area contributed by atoms with Gasteiger partial charge in [-0.1, -0.05) is 0 Å². The quantitative estimate of drug-likeness (QED) is 0.649. The SMILES string of the molecule is CS(=O)(=O)NC1CCCN(C(=O)CCCCN)C1. The normalized spacial score (nSPS) is 21.0.